The number of halogens is 1. The number of rotatable bonds is 5. The number of carbonyl (C=O) groups is 1. The number of primary amides is 1. The largest absolute Gasteiger partial charge is 0.368 e. The number of carbonyl (C=O) groups excluding carboxylic acids is 1. The smallest absolute Gasteiger partial charge is 0.244 e. The number of nitrogens with two attached hydrogens (primary N) is 1. The monoisotopic (exact) mass is 326 g/mol. The first-order chi connectivity index (χ1) is 11.6. The van der Waals surface area contributed by atoms with Crippen molar-refractivity contribution in [2.75, 3.05) is 5.32 Å². The summed E-state index contributed by atoms with van der Waals surface area (Å²) >= 11 is 0. The molecule has 3 aromatic rings. The number of anilines is 1. The Hall–Kier alpha value is -3.03. The zero-order valence-electron chi connectivity index (χ0n) is 12.7. The number of aromatic nitrogens is 4. The first kappa shape index (κ1) is 14.6. The van der Waals surface area contributed by atoms with Gasteiger partial charge in [-0.3, -0.25) is 4.79 Å². The molecule has 2 aromatic heterocycles. The Balaban J connectivity index is 1.71. The molecule has 1 unspecified atom stereocenters. The van der Waals surface area contributed by atoms with E-state index in [1.165, 1.54) is 30.6 Å². The molecule has 24 heavy (non-hydrogen) atoms. The Kier molecular flexibility index (Phi) is 3.37. The van der Waals surface area contributed by atoms with Gasteiger partial charge >= 0.3 is 0 Å². The quantitative estimate of drug-likeness (QED) is 0.746. The van der Waals surface area contributed by atoms with Crippen LogP contribution in [-0.2, 0) is 4.79 Å². The average molecular weight is 326 g/mol. The minimum atomic E-state index is -0.838. The van der Waals surface area contributed by atoms with Crippen LogP contribution in [0.25, 0.3) is 11.2 Å². The van der Waals surface area contributed by atoms with Gasteiger partial charge in [-0.2, -0.15) is 0 Å². The lowest BCUT2D eigenvalue weighted by atomic mass is 10.1. The van der Waals surface area contributed by atoms with Crippen LogP contribution in [0.2, 0.25) is 0 Å². The Morgan fingerprint density at radius 1 is 1.25 bits per heavy atom. The van der Waals surface area contributed by atoms with Crippen molar-refractivity contribution in [2.45, 2.75) is 24.9 Å². The van der Waals surface area contributed by atoms with Crippen LogP contribution in [0.4, 0.5) is 10.2 Å². The maximum Gasteiger partial charge on any atom is 0.244 e. The number of imidazole rings is 1. The molecular formula is C16H15FN6O. The molecule has 3 N–H and O–H groups in total. The third kappa shape index (κ3) is 2.55. The van der Waals surface area contributed by atoms with Gasteiger partial charge in [-0.25, -0.2) is 19.3 Å². The van der Waals surface area contributed by atoms with Crippen LogP contribution in [0.15, 0.2) is 36.9 Å². The zero-order valence-corrected chi connectivity index (χ0v) is 12.7. The maximum atomic E-state index is 13.1. The molecule has 2 heterocycles. The lowest BCUT2D eigenvalue weighted by molar-refractivity contribution is -0.118. The van der Waals surface area contributed by atoms with Crippen molar-refractivity contribution in [3.05, 3.63) is 48.3 Å². The highest BCUT2D eigenvalue weighted by atomic mass is 19.1. The van der Waals surface area contributed by atoms with E-state index in [-0.39, 0.29) is 5.82 Å². The molecule has 1 fully saturated rings. The van der Waals surface area contributed by atoms with Gasteiger partial charge < -0.3 is 15.6 Å². The SMILES string of the molecule is NC(=O)C(Nc1ncnc2c1ncn2C1CC1)c1ccc(F)cc1. The van der Waals surface area contributed by atoms with E-state index in [2.05, 4.69) is 20.3 Å². The molecule has 1 saturated carbocycles. The van der Waals surface area contributed by atoms with E-state index < -0.39 is 11.9 Å². The molecule has 7 nitrogen and oxygen atoms in total. The topological polar surface area (TPSA) is 98.7 Å². The molecule has 0 saturated heterocycles. The van der Waals surface area contributed by atoms with Gasteiger partial charge in [0.05, 0.1) is 6.33 Å². The fourth-order valence-electron chi connectivity index (χ4n) is 2.69. The molecule has 0 aliphatic heterocycles. The number of hydrogen-bond acceptors (Lipinski definition) is 5. The van der Waals surface area contributed by atoms with Crippen molar-refractivity contribution >= 4 is 22.9 Å². The van der Waals surface area contributed by atoms with Gasteiger partial charge in [-0.1, -0.05) is 12.1 Å². The highest BCUT2D eigenvalue weighted by Crippen LogP contribution is 2.37. The predicted molar refractivity (Wildman–Crippen MR) is 85.6 cm³/mol. The molecule has 1 atom stereocenters. The average Bonchev–Trinajstić information content (AvgIpc) is 3.32. The molecule has 1 aliphatic carbocycles. The normalized spacial score (nSPS) is 15.4. The summed E-state index contributed by atoms with van der Waals surface area (Å²) in [4.78, 5) is 24.7. The third-order valence-electron chi connectivity index (χ3n) is 4.07. The number of fused-ring (bicyclic) bond motifs is 1. The number of benzene rings is 1. The van der Waals surface area contributed by atoms with Crippen LogP contribution >= 0.6 is 0 Å². The van der Waals surface area contributed by atoms with Gasteiger partial charge in [0, 0.05) is 6.04 Å². The summed E-state index contributed by atoms with van der Waals surface area (Å²) in [5, 5.41) is 3.01. The number of nitrogens with zero attached hydrogens (tertiary/aromatic N) is 4. The van der Waals surface area contributed by atoms with E-state index in [4.69, 9.17) is 5.73 Å². The van der Waals surface area contributed by atoms with Gasteiger partial charge in [-0.15, -0.1) is 0 Å². The minimum Gasteiger partial charge on any atom is -0.368 e. The lowest BCUT2D eigenvalue weighted by Crippen LogP contribution is -2.28. The Morgan fingerprint density at radius 3 is 2.67 bits per heavy atom. The molecule has 4 rings (SSSR count). The second kappa shape index (κ2) is 5.55. The number of amides is 1. The second-order valence-electron chi connectivity index (χ2n) is 5.81. The van der Waals surface area contributed by atoms with Crippen molar-refractivity contribution < 1.29 is 9.18 Å². The van der Waals surface area contributed by atoms with Crippen molar-refractivity contribution in [1.29, 1.82) is 0 Å². The van der Waals surface area contributed by atoms with E-state index in [1.807, 2.05) is 4.57 Å². The maximum absolute atomic E-state index is 13.1. The van der Waals surface area contributed by atoms with Crippen molar-refractivity contribution in [1.82, 2.24) is 19.5 Å². The first-order valence-corrected chi connectivity index (χ1v) is 7.62. The minimum absolute atomic E-state index is 0.380. The van der Waals surface area contributed by atoms with Gasteiger partial charge in [0.1, 0.15) is 23.7 Å². The van der Waals surface area contributed by atoms with Crippen molar-refractivity contribution in [2.24, 2.45) is 5.73 Å². The Bertz CT molecular complexity index is 903. The molecule has 1 aromatic carbocycles. The summed E-state index contributed by atoms with van der Waals surface area (Å²) in [5.74, 6) is -0.544. The van der Waals surface area contributed by atoms with Crippen molar-refractivity contribution in [3.63, 3.8) is 0 Å². The van der Waals surface area contributed by atoms with Crippen LogP contribution in [0, 0.1) is 5.82 Å². The highest BCUT2D eigenvalue weighted by Gasteiger charge is 2.27. The molecule has 0 bridgehead atoms. The van der Waals surface area contributed by atoms with Crippen LogP contribution in [-0.4, -0.2) is 25.4 Å². The fraction of sp³-hybridized carbons (Fsp3) is 0.250. The summed E-state index contributed by atoms with van der Waals surface area (Å²) in [6.07, 6.45) is 5.38. The number of hydrogen-bond donors (Lipinski definition) is 2. The molecule has 122 valence electrons. The molecule has 0 radical (unpaired) electrons. The van der Waals surface area contributed by atoms with Crippen LogP contribution in [0.3, 0.4) is 0 Å². The second-order valence-corrected chi connectivity index (χ2v) is 5.81. The molecule has 8 heteroatoms. The predicted octanol–water partition coefficient (Wildman–Crippen LogP) is 1.94. The van der Waals surface area contributed by atoms with E-state index in [9.17, 15) is 9.18 Å². The van der Waals surface area contributed by atoms with E-state index in [0.717, 1.165) is 18.5 Å². The summed E-state index contributed by atoms with van der Waals surface area (Å²) in [6, 6.07) is 5.18. The van der Waals surface area contributed by atoms with Gasteiger partial charge in [0.25, 0.3) is 0 Å². The zero-order chi connectivity index (χ0) is 16.7. The fourth-order valence-corrected chi connectivity index (χ4v) is 2.69. The number of nitrogens with one attached hydrogen (secondary N) is 1. The first-order valence-electron chi connectivity index (χ1n) is 7.62. The van der Waals surface area contributed by atoms with E-state index >= 15 is 0 Å². The molecule has 1 amide bonds. The Morgan fingerprint density at radius 2 is 2.00 bits per heavy atom. The molecule has 0 spiro atoms. The third-order valence-corrected chi connectivity index (χ3v) is 4.07. The lowest BCUT2D eigenvalue weighted by Gasteiger charge is -2.16. The summed E-state index contributed by atoms with van der Waals surface area (Å²) in [6.45, 7) is 0. The van der Waals surface area contributed by atoms with E-state index in [1.54, 1.807) is 6.33 Å². The summed E-state index contributed by atoms with van der Waals surface area (Å²) in [5.41, 5.74) is 7.35. The van der Waals surface area contributed by atoms with Crippen LogP contribution in [0.5, 0.6) is 0 Å². The van der Waals surface area contributed by atoms with Gasteiger partial charge in [0.2, 0.25) is 5.91 Å². The molecule has 1 aliphatic rings. The van der Waals surface area contributed by atoms with Gasteiger partial charge in [-0.05, 0) is 30.5 Å². The van der Waals surface area contributed by atoms with Crippen LogP contribution in [0.1, 0.15) is 30.5 Å². The summed E-state index contributed by atoms with van der Waals surface area (Å²) in [7, 11) is 0. The standard InChI is InChI=1S/C16H15FN6O/c17-10-3-1-9(2-4-10)12(14(18)24)22-15-13-16(20-7-19-15)23(8-21-13)11-5-6-11/h1-4,7-8,11-12H,5-6H2,(H2,18,24)(H,19,20,22). The van der Waals surface area contributed by atoms with Crippen molar-refractivity contribution in [3.8, 4) is 0 Å². The van der Waals surface area contributed by atoms with Gasteiger partial charge in [0.15, 0.2) is 11.5 Å². The highest BCUT2D eigenvalue weighted by molar-refractivity contribution is 5.88. The Labute approximate surface area is 136 Å². The molecular weight excluding hydrogens is 311 g/mol. The van der Waals surface area contributed by atoms with E-state index in [0.29, 0.717) is 22.9 Å². The van der Waals surface area contributed by atoms with Crippen LogP contribution < -0.4 is 11.1 Å². The summed E-state index contributed by atoms with van der Waals surface area (Å²) < 4.78 is 15.1.